The van der Waals surface area contributed by atoms with Crippen LogP contribution in [0, 0.1) is 0 Å². The molecular formula is C18H21N3O. The van der Waals surface area contributed by atoms with Crippen molar-refractivity contribution >= 4 is 5.91 Å². The Hall–Kier alpha value is -2.20. The van der Waals surface area contributed by atoms with Gasteiger partial charge in [-0.25, -0.2) is 0 Å². The number of aromatic nitrogens is 1. The highest BCUT2D eigenvalue weighted by atomic mass is 16.2. The third kappa shape index (κ3) is 3.52. The number of hydrogen-bond donors (Lipinski definition) is 1. The Kier molecular flexibility index (Phi) is 4.49. The van der Waals surface area contributed by atoms with Gasteiger partial charge in [0.1, 0.15) is 0 Å². The molecule has 1 heterocycles. The molecule has 1 saturated carbocycles. The summed E-state index contributed by atoms with van der Waals surface area (Å²) in [6.45, 7) is 1.08. The Bertz CT molecular complexity index is 638. The SMILES string of the molecule is CNCC(=O)N(Cc1cccc(-c2cccnc2)c1)C1CC1. The molecule has 3 rings (SSSR count). The summed E-state index contributed by atoms with van der Waals surface area (Å²) < 4.78 is 0. The van der Waals surface area contributed by atoms with Crippen LogP contribution in [0.2, 0.25) is 0 Å². The zero-order chi connectivity index (χ0) is 15.4. The lowest BCUT2D eigenvalue weighted by atomic mass is 10.0. The van der Waals surface area contributed by atoms with Gasteiger partial charge in [-0.1, -0.05) is 24.3 Å². The van der Waals surface area contributed by atoms with E-state index in [0.717, 1.165) is 29.5 Å². The number of carbonyl (C=O) groups is 1. The first-order chi connectivity index (χ1) is 10.8. The van der Waals surface area contributed by atoms with E-state index in [1.807, 2.05) is 30.3 Å². The fourth-order valence-corrected chi connectivity index (χ4v) is 2.64. The lowest BCUT2D eigenvalue weighted by Gasteiger charge is -2.22. The molecule has 114 valence electrons. The summed E-state index contributed by atoms with van der Waals surface area (Å²) >= 11 is 0. The number of pyridine rings is 1. The summed E-state index contributed by atoms with van der Waals surface area (Å²) in [6.07, 6.45) is 5.89. The Balaban J connectivity index is 1.78. The van der Waals surface area contributed by atoms with Crippen LogP contribution >= 0.6 is 0 Å². The van der Waals surface area contributed by atoms with Gasteiger partial charge < -0.3 is 10.2 Å². The van der Waals surface area contributed by atoms with Crippen LogP contribution in [0.15, 0.2) is 48.8 Å². The van der Waals surface area contributed by atoms with Crippen molar-refractivity contribution in [1.82, 2.24) is 15.2 Å². The topological polar surface area (TPSA) is 45.2 Å². The van der Waals surface area contributed by atoms with E-state index < -0.39 is 0 Å². The molecular weight excluding hydrogens is 274 g/mol. The van der Waals surface area contributed by atoms with Crippen LogP contribution in [0.25, 0.3) is 11.1 Å². The van der Waals surface area contributed by atoms with Gasteiger partial charge in [-0.05, 0) is 48.7 Å². The summed E-state index contributed by atoms with van der Waals surface area (Å²) in [5, 5.41) is 2.95. The van der Waals surface area contributed by atoms with Crippen molar-refractivity contribution in [2.24, 2.45) is 0 Å². The van der Waals surface area contributed by atoms with Gasteiger partial charge in [0, 0.05) is 25.0 Å². The van der Waals surface area contributed by atoms with Crippen molar-refractivity contribution in [2.45, 2.75) is 25.4 Å². The van der Waals surface area contributed by atoms with E-state index in [0.29, 0.717) is 19.1 Å². The minimum absolute atomic E-state index is 0.178. The fraction of sp³-hybridized carbons (Fsp3) is 0.333. The molecule has 0 aliphatic heterocycles. The van der Waals surface area contributed by atoms with Gasteiger partial charge in [0.25, 0.3) is 0 Å². The van der Waals surface area contributed by atoms with Crippen molar-refractivity contribution < 1.29 is 4.79 Å². The number of hydrogen-bond acceptors (Lipinski definition) is 3. The number of nitrogens with zero attached hydrogens (tertiary/aromatic N) is 2. The van der Waals surface area contributed by atoms with E-state index in [4.69, 9.17) is 0 Å². The van der Waals surface area contributed by atoms with Gasteiger partial charge in [-0.15, -0.1) is 0 Å². The predicted molar refractivity (Wildman–Crippen MR) is 87.2 cm³/mol. The van der Waals surface area contributed by atoms with Crippen LogP contribution in [-0.4, -0.2) is 35.4 Å². The average Bonchev–Trinajstić information content (AvgIpc) is 3.39. The van der Waals surface area contributed by atoms with E-state index in [2.05, 4.69) is 34.6 Å². The molecule has 1 fully saturated rings. The third-order valence-corrected chi connectivity index (χ3v) is 3.91. The van der Waals surface area contributed by atoms with Crippen LogP contribution in [0.4, 0.5) is 0 Å². The molecule has 1 amide bonds. The highest BCUT2D eigenvalue weighted by Gasteiger charge is 2.32. The predicted octanol–water partition coefficient (Wildman–Crippen LogP) is 2.46. The largest absolute Gasteiger partial charge is 0.334 e. The summed E-state index contributed by atoms with van der Waals surface area (Å²) in [4.78, 5) is 18.4. The molecule has 0 radical (unpaired) electrons. The molecule has 1 aromatic carbocycles. The number of rotatable bonds is 6. The van der Waals surface area contributed by atoms with E-state index in [-0.39, 0.29) is 5.91 Å². The summed E-state index contributed by atoms with van der Waals surface area (Å²) in [5.74, 6) is 0.178. The van der Waals surface area contributed by atoms with Crippen LogP contribution in [0.1, 0.15) is 18.4 Å². The summed E-state index contributed by atoms with van der Waals surface area (Å²) in [6, 6.07) is 12.8. The van der Waals surface area contributed by atoms with E-state index >= 15 is 0 Å². The van der Waals surface area contributed by atoms with Gasteiger partial charge in [0.15, 0.2) is 0 Å². The highest BCUT2D eigenvalue weighted by molar-refractivity contribution is 5.79. The first kappa shape index (κ1) is 14.7. The molecule has 22 heavy (non-hydrogen) atoms. The lowest BCUT2D eigenvalue weighted by Crippen LogP contribution is -2.38. The zero-order valence-corrected chi connectivity index (χ0v) is 12.8. The lowest BCUT2D eigenvalue weighted by molar-refractivity contribution is -0.131. The Morgan fingerprint density at radius 3 is 2.77 bits per heavy atom. The molecule has 0 bridgehead atoms. The number of carbonyl (C=O) groups excluding carboxylic acids is 1. The van der Waals surface area contributed by atoms with Crippen molar-refractivity contribution in [3.05, 3.63) is 54.4 Å². The minimum Gasteiger partial charge on any atom is -0.334 e. The maximum Gasteiger partial charge on any atom is 0.237 e. The maximum atomic E-state index is 12.2. The van der Waals surface area contributed by atoms with Gasteiger partial charge in [0.2, 0.25) is 5.91 Å². The first-order valence-electron chi connectivity index (χ1n) is 7.71. The van der Waals surface area contributed by atoms with Crippen LogP contribution in [-0.2, 0) is 11.3 Å². The standard InChI is InChI=1S/C18H21N3O/c1-19-12-18(22)21(17-7-8-17)13-14-4-2-5-15(10-14)16-6-3-9-20-11-16/h2-6,9-11,17,19H,7-8,12-13H2,1H3. The maximum absolute atomic E-state index is 12.2. The number of likely N-dealkylation sites (N-methyl/N-ethyl adjacent to an activating group) is 1. The molecule has 4 nitrogen and oxygen atoms in total. The van der Waals surface area contributed by atoms with Gasteiger partial charge in [-0.3, -0.25) is 9.78 Å². The normalized spacial score (nSPS) is 13.9. The average molecular weight is 295 g/mol. The fourth-order valence-electron chi connectivity index (χ4n) is 2.64. The Morgan fingerprint density at radius 2 is 2.09 bits per heavy atom. The quantitative estimate of drug-likeness (QED) is 0.890. The van der Waals surface area contributed by atoms with Crippen molar-refractivity contribution in [3.63, 3.8) is 0 Å². The third-order valence-electron chi connectivity index (χ3n) is 3.91. The number of amides is 1. The highest BCUT2D eigenvalue weighted by Crippen LogP contribution is 2.29. The smallest absolute Gasteiger partial charge is 0.237 e. The number of benzene rings is 1. The Labute approximate surface area is 131 Å². The molecule has 0 saturated heterocycles. The molecule has 2 aromatic rings. The molecule has 0 unspecified atom stereocenters. The molecule has 0 atom stereocenters. The van der Waals surface area contributed by atoms with Gasteiger partial charge >= 0.3 is 0 Å². The Morgan fingerprint density at radius 1 is 1.27 bits per heavy atom. The van der Waals surface area contributed by atoms with E-state index in [1.54, 1.807) is 6.20 Å². The van der Waals surface area contributed by atoms with Crippen molar-refractivity contribution in [3.8, 4) is 11.1 Å². The van der Waals surface area contributed by atoms with E-state index in [9.17, 15) is 4.79 Å². The minimum atomic E-state index is 0.178. The van der Waals surface area contributed by atoms with Crippen LogP contribution < -0.4 is 5.32 Å². The number of nitrogens with one attached hydrogen (secondary N) is 1. The molecule has 1 aliphatic rings. The van der Waals surface area contributed by atoms with Gasteiger partial charge in [0.05, 0.1) is 6.54 Å². The van der Waals surface area contributed by atoms with Crippen LogP contribution in [0.3, 0.4) is 0 Å². The molecule has 1 aromatic heterocycles. The molecule has 1 N–H and O–H groups in total. The van der Waals surface area contributed by atoms with Crippen molar-refractivity contribution in [1.29, 1.82) is 0 Å². The second kappa shape index (κ2) is 6.71. The van der Waals surface area contributed by atoms with Gasteiger partial charge in [-0.2, -0.15) is 0 Å². The molecule has 4 heteroatoms. The zero-order valence-electron chi connectivity index (χ0n) is 12.8. The molecule has 0 spiro atoms. The second-order valence-electron chi connectivity index (χ2n) is 5.73. The summed E-state index contributed by atoms with van der Waals surface area (Å²) in [5.41, 5.74) is 3.41. The monoisotopic (exact) mass is 295 g/mol. The molecule has 1 aliphatic carbocycles. The summed E-state index contributed by atoms with van der Waals surface area (Å²) in [7, 11) is 1.81. The van der Waals surface area contributed by atoms with Crippen LogP contribution in [0.5, 0.6) is 0 Å². The second-order valence-corrected chi connectivity index (χ2v) is 5.73. The first-order valence-corrected chi connectivity index (χ1v) is 7.71. The van der Waals surface area contributed by atoms with Crippen molar-refractivity contribution in [2.75, 3.05) is 13.6 Å². The van der Waals surface area contributed by atoms with E-state index in [1.165, 1.54) is 0 Å².